The summed E-state index contributed by atoms with van der Waals surface area (Å²) in [6.45, 7) is 6.20. The van der Waals surface area contributed by atoms with Crippen molar-refractivity contribution in [2.75, 3.05) is 20.6 Å². The molecule has 3 heteroatoms. The minimum Gasteiger partial charge on any atom is -0.308 e. The van der Waals surface area contributed by atoms with Gasteiger partial charge >= 0.3 is 0 Å². The Hall–Kier alpha value is -1.37. The SMILES string of the molecule is CC(C)C(CN(C)C)NCc1ccccc1C#N. The Kier molecular flexibility index (Phi) is 5.84. The van der Waals surface area contributed by atoms with E-state index in [4.69, 9.17) is 5.26 Å². The molecule has 1 rings (SSSR count). The minimum atomic E-state index is 0.437. The lowest BCUT2D eigenvalue weighted by Gasteiger charge is -2.26. The summed E-state index contributed by atoms with van der Waals surface area (Å²) in [5.74, 6) is 0.571. The van der Waals surface area contributed by atoms with E-state index < -0.39 is 0 Å². The van der Waals surface area contributed by atoms with Gasteiger partial charge in [0.1, 0.15) is 0 Å². The molecule has 0 spiro atoms. The molecular formula is C15H23N3. The van der Waals surface area contributed by atoms with Crippen LogP contribution in [0, 0.1) is 17.2 Å². The highest BCUT2D eigenvalue weighted by Crippen LogP contribution is 2.09. The van der Waals surface area contributed by atoms with E-state index in [1.807, 2.05) is 24.3 Å². The van der Waals surface area contributed by atoms with Gasteiger partial charge in [0.2, 0.25) is 0 Å². The van der Waals surface area contributed by atoms with E-state index in [-0.39, 0.29) is 0 Å². The first-order chi connectivity index (χ1) is 8.54. The molecule has 0 aliphatic rings. The Morgan fingerprint density at radius 3 is 2.50 bits per heavy atom. The van der Waals surface area contributed by atoms with Crippen molar-refractivity contribution in [1.29, 1.82) is 5.26 Å². The van der Waals surface area contributed by atoms with Crippen LogP contribution in [0.4, 0.5) is 0 Å². The van der Waals surface area contributed by atoms with Crippen LogP contribution in [-0.2, 0) is 6.54 Å². The molecular weight excluding hydrogens is 222 g/mol. The van der Waals surface area contributed by atoms with E-state index in [0.29, 0.717) is 12.0 Å². The van der Waals surface area contributed by atoms with E-state index in [1.165, 1.54) is 0 Å². The van der Waals surface area contributed by atoms with Crippen LogP contribution in [0.15, 0.2) is 24.3 Å². The molecule has 3 nitrogen and oxygen atoms in total. The van der Waals surface area contributed by atoms with E-state index >= 15 is 0 Å². The van der Waals surface area contributed by atoms with Crippen molar-refractivity contribution in [3.05, 3.63) is 35.4 Å². The van der Waals surface area contributed by atoms with Crippen LogP contribution in [0.2, 0.25) is 0 Å². The monoisotopic (exact) mass is 245 g/mol. The van der Waals surface area contributed by atoms with Gasteiger partial charge in [-0.3, -0.25) is 0 Å². The normalized spacial score (nSPS) is 12.7. The Bertz CT molecular complexity index is 404. The number of nitrogens with one attached hydrogen (secondary N) is 1. The molecule has 1 N–H and O–H groups in total. The number of hydrogen-bond acceptors (Lipinski definition) is 3. The standard InChI is InChI=1S/C15H23N3/c1-12(2)15(11-18(3)4)17-10-14-8-6-5-7-13(14)9-16/h5-8,12,15,17H,10-11H2,1-4H3. The van der Waals surface area contributed by atoms with Crippen molar-refractivity contribution in [2.45, 2.75) is 26.4 Å². The van der Waals surface area contributed by atoms with E-state index in [1.54, 1.807) is 0 Å². The van der Waals surface area contributed by atoms with Crippen LogP contribution in [0.5, 0.6) is 0 Å². The third-order valence-corrected chi connectivity index (χ3v) is 3.06. The van der Waals surface area contributed by atoms with Gasteiger partial charge in [0, 0.05) is 19.1 Å². The quantitative estimate of drug-likeness (QED) is 0.835. The van der Waals surface area contributed by atoms with Crippen molar-refractivity contribution < 1.29 is 0 Å². The molecule has 0 fully saturated rings. The molecule has 0 saturated carbocycles. The minimum absolute atomic E-state index is 0.437. The number of nitriles is 1. The Balaban J connectivity index is 2.64. The number of rotatable bonds is 6. The summed E-state index contributed by atoms with van der Waals surface area (Å²) in [5, 5.41) is 12.6. The molecule has 0 amide bonds. The van der Waals surface area contributed by atoms with Crippen LogP contribution in [-0.4, -0.2) is 31.6 Å². The maximum absolute atomic E-state index is 9.05. The molecule has 0 radical (unpaired) electrons. The fourth-order valence-corrected chi connectivity index (χ4v) is 1.93. The zero-order valence-electron chi connectivity index (χ0n) is 11.8. The van der Waals surface area contributed by atoms with Gasteiger partial charge < -0.3 is 10.2 Å². The number of nitrogens with zero attached hydrogens (tertiary/aromatic N) is 2. The smallest absolute Gasteiger partial charge is 0.0995 e. The average molecular weight is 245 g/mol. The summed E-state index contributed by atoms with van der Waals surface area (Å²) in [4.78, 5) is 2.19. The fourth-order valence-electron chi connectivity index (χ4n) is 1.93. The van der Waals surface area contributed by atoms with Crippen LogP contribution in [0.25, 0.3) is 0 Å². The topological polar surface area (TPSA) is 39.1 Å². The van der Waals surface area contributed by atoms with Crippen molar-refractivity contribution in [2.24, 2.45) is 5.92 Å². The van der Waals surface area contributed by atoms with E-state index in [9.17, 15) is 0 Å². The largest absolute Gasteiger partial charge is 0.308 e. The molecule has 0 aliphatic heterocycles. The fraction of sp³-hybridized carbons (Fsp3) is 0.533. The molecule has 1 aromatic carbocycles. The predicted octanol–water partition coefficient (Wildman–Crippen LogP) is 2.23. The number of benzene rings is 1. The molecule has 1 atom stereocenters. The zero-order chi connectivity index (χ0) is 13.5. The molecule has 1 unspecified atom stereocenters. The van der Waals surface area contributed by atoms with Crippen molar-refractivity contribution >= 4 is 0 Å². The Morgan fingerprint density at radius 1 is 1.28 bits per heavy atom. The van der Waals surface area contributed by atoms with E-state index in [0.717, 1.165) is 24.2 Å². The highest BCUT2D eigenvalue weighted by Gasteiger charge is 2.14. The van der Waals surface area contributed by atoms with Crippen molar-refractivity contribution in [3.63, 3.8) is 0 Å². The van der Waals surface area contributed by atoms with Crippen molar-refractivity contribution in [3.8, 4) is 6.07 Å². The van der Waals surface area contributed by atoms with Crippen LogP contribution in [0.1, 0.15) is 25.0 Å². The average Bonchev–Trinajstić information content (AvgIpc) is 2.34. The van der Waals surface area contributed by atoms with Gasteiger partial charge in [0.15, 0.2) is 0 Å². The van der Waals surface area contributed by atoms with Gasteiger partial charge in [-0.05, 0) is 31.6 Å². The molecule has 0 bridgehead atoms. The third-order valence-electron chi connectivity index (χ3n) is 3.06. The van der Waals surface area contributed by atoms with Gasteiger partial charge in [-0.1, -0.05) is 32.0 Å². The maximum atomic E-state index is 9.05. The lowest BCUT2D eigenvalue weighted by atomic mass is 10.0. The zero-order valence-corrected chi connectivity index (χ0v) is 11.8. The predicted molar refractivity (Wildman–Crippen MR) is 75.2 cm³/mol. The first-order valence-electron chi connectivity index (χ1n) is 6.40. The van der Waals surface area contributed by atoms with Gasteiger partial charge in [-0.25, -0.2) is 0 Å². The van der Waals surface area contributed by atoms with Gasteiger partial charge in [0.05, 0.1) is 11.6 Å². The van der Waals surface area contributed by atoms with Crippen molar-refractivity contribution in [1.82, 2.24) is 10.2 Å². The molecule has 0 aliphatic carbocycles. The molecule has 0 heterocycles. The second kappa shape index (κ2) is 7.15. The number of likely N-dealkylation sites (N-methyl/N-ethyl adjacent to an activating group) is 1. The van der Waals surface area contributed by atoms with Gasteiger partial charge in [0.25, 0.3) is 0 Å². The highest BCUT2D eigenvalue weighted by molar-refractivity contribution is 5.37. The summed E-state index contributed by atoms with van der Waals surface area (Å²) in [6, 6.07) is 10.4. The molecule has 0 saturated heterocycles. The Labute approximate surface area is 110 Å². The molecule has 18 heavy (non-hydrogen) atoms. The van der Waals surface area contributed by atoms with Crippen LogP contribution in [0.3, 0.4) is 0 Å². The molecule has 0 aromatic heterocycles. The summed E-state index contributed by atoms with van der Waals surface area (Å²) >= 11 is 0. The molecule has 1 aromatic rings. The first-order valence-corrected chi connectivity index (χ1v) is 6.40. The summed E-state index contributed by atoms with van der Waals surface area (Å²) in [6.07, 6.45) is 0. The number of hydrogen-bond donors (Lipinski definition) is 1. The van der Waals surface area contributed by atoms with Crippen LogP contribution >= 0.6 is 0 Å². The van der Waals surface area contributed by atoms with Crippen LogP contribution < -0.4 is 5.32 Å². The molecule has 98 valence electrons. The second-order valence-electron chi connectivity index (χ2n) is 5.26. The van der Waals surface area contributed by atoms with E-state index in [2.05, 4.69) is 44.2 Å². The maximum Gasteiger partial charge on any atom is 0.0995 e. The highest BCUT2D eigenvalue weighted by atomic mass is 15.1. The lowest BCUT2D eigenvalue weighted by molar-refractivity contribution is 0.288. The van der Waals surface area contributed by atoms with Gasteiger partial charge in [-0.2, -0.15) is 5.26 Å². The summed E-state index contributed by atoms with van der Waals surface area (Å²) < 4.78 is 0. The van der Waals surface area contributed by atoms with Gasteiger partial charge in [-0.15, -0.1) is 0 Å². The second-order valence-corrected chi connectivity index (χ2v) is 5.26. The Morgan fingerprint density at radius 2 is 1.94 bits per heavy atom. The summed E-state index contributed by atoms with van der Waals surface area (Å²) in [5.41, 5.74) is 1.83. The summed E-state index contributed by atoms with van der Waals surface area (Å²) in [7, 11) is 4.17. The lowest BCUT2D eigenvalue weighted by Crippen LogP contribution is -2.41. The third kappa shape index (κ3) is 4.48. The first kappa shape index (κ1) is 14.7.